The summed E-state index contributed by atoms with van der Waals surface area (Å²) in [7, 11) is 0. The monoisotopic (exact) mass is 343 g/mol. The van der Waals surface area contributed by atoms with Crippen molar-refractivity contribution in [1.29, 1.82) is 0 Å². The molecule has 0 bridgehead atoms. The molecule has 2 aromatic rings. The number of anilines is 1. The highest BCUT2D eigenvalue weighted by molar-refractivity contribution is 5.96. The van der Waals surface area contributed by atoms with Crippen molar-refractivity contribution >= 4 is 23.3 Å². The van der Waals surface area contributed by atoms with E-state index in [0.29, 0.717) is 17.7 Å². The Hall–Kier alpha value is -3.02. The molecule has 2 rings (SSSR count). The quantitative estimate of drug-likeness (QED) is 0.619. The zero-order valence-corrected chi connectivity index (χ0v) is 13.8. The van der Waals surface area contributed by atoms with E-state index in [1.807, 2.05) is 0 Å². The van der Waals surface area contributed by atoms with Crippen LogP contribution in [0.2, 0.25) is 0 Å². The second kappa shape index (κ2) is 8.73. The van der Waals surface area contributed by atoms with Crippen LogP contribution in [0.3, 0.4) is 0 Å². The molecule has 0 aliphatic heterocycles. The van der Waals surface area contributed by atoms with Crippen molar-refractivity contribution in [2.75, 3.05) is 11.9 Å². The molecule has 25 heavy (non-hydrogen) atoms. The van der Waals surface area contributed by atoms with E-state index in [-0.39, 0.29) is 18.0 Å². The number of ether oxygens (including phenoxy) is 1. The second-order valence-corrected chi connectivity index (χ2v) is 5.47. The fourth-order valence-electron chi connectivity index (χ4n) is 2.10. The minimum Gasteiger partial charge on any atom is -0.456 e. The van der Waals surface area contributed by atoms with Gasteiger partial charge in [0.05, 0.1) is 0 Å². The van der Waals surface area contributed by atoms with E-state index in [9.17, 15) is 18.8 Å². The number of ketones is 1. The normalized spacial score (nSPS) is 10.2. The Morgan fingerprint density at radius 3 is 2.24 bits per heavy atom. The van der Waals surface area contributed by atoms with Gasteiger partial charge in [-0.1, -0.05) is 12.1 Å². The van der Waals surface area contributed by atoms with Crippen molar-refractivity contribution in [3.8, 4) is 0 Å². The molecule has 0 aliphatic carbocycles. The average molecular weight is 343 g/mol. The van der Waals surface area contributed by atoms with Crippen molar-refractivity contribution < 1.29 is 23.5 Å². The average Bonchev–Trinajstić information content (AvgIpc) is 2.60. The number of hydrogen-bond acceptors (Lipinski definition) is 4. The van der Waals surface area contributed by atoms with Gasteiger partial charge in [0.1, 0.15) is 5.82 Å². The zero-order valence-electron chi connectivity index (χ0n) is 13.8. The van der Waals surface area contributed by atoms with Gasteiger partial charge in [0.2, 0.25) is 0 Å². The summed E-state index contributed by atoms with van der Waals surface area (Å²) in [4.78, 5) is 34.6. The minimum atomic E-state index is -0.508. The van der Waals surface area contributed by atoms with Crippen molar-refractivity contribution in [3.05, 3.63) is 65.5 Å². The van der Waals surface area contributed by atoms with Crippen molar-refractivity contribution in [2.45, 2.75) is 19.8 Å². The van der Waals surface area contributed by atoms with Crippen molar-refractivity contribution in [2.24, 2.45) is 0 Å². The number of hydrogen-bond donors (Lipinski definition) is 1. The predicted octanol–water partition coefficient (Wildman–Crippen LogP) is 3.14. The molecule has 5 nitrogen and oxygen atoms in total. The first kappa shape index (κ1) is 18.3. The lowest BCUT2D eigenvalue weighted by Crippen LogP contribution is -2.21. The minimum absolute atomic E-state index is 0.0621. The summed E-state index contributed by atoms with van der Waals surface area (Å²) >= 11 is 0. The number of rotatable bonds is 7. The molecule has 1 N–H and O–H groups in total. The lowest BCUT2D eigenvalue weighted by Gasteiger charge is -2.07. The first-order chi connectivity index (χ1) is 11.9. The van der Waals surface area contributed by atoms with Gasteiger partial charge in [0, 0.05) is 17.7 Å². The Labute approximate surface area is 144 Å². The van der Waals surface area contributed by atoms with Crippen molar-refractivity contribution in [1.82, 2.24) is 0 Å². The Balaban J connectivity index is 1.72. The van der Waals surface area contributed by atoms with Crippen LogP contribution in [0, 0.1) is 5.82 Å². The molecule has 0 saturated heterocycles. The van der Waals surface area contributed by atoms with Crippen molar-refractivity contribution in [3.63, 3.8) is 0 Å². The molecule has 0 fully saturated rings. The predicted molar refractivity (Wildman–Crippen MR) is 90.8 cm³/mol. The summed E-state index contributed by atoms with van der Waals surface area (Å²) in [6, 6.07) is 12.3. The Morgan fingerprint density at radius 2 is 1.64 bits per heavy atom. The zero-order chi connectivity index (χ0) is 18.2. The first-order valence-electron chi connectivity index (χ1n) is 7.75. The summed E-state index contributed by atoms with van der Waals surface area (Å²) in [5.74, 6) is -1.37. The number of Topliss-reactive ketones (excluding diaryl/α,β-unsaturated/α-hetero) is 1. The van der Waals surface area contributed by atoms with Crippen LogP contribution in [0.4, 0.5) is 10.1 Å². The van der Waals surface area contributed by atoms with Gasteiger partial charge in [0.25, 0.3) is 5.91 Å². The van der Waals surface area contributed by atoms with Crippen LogP contribution in [0.25, 0.3) is 0 Å². The maximum absolute atomic E-state index is 12.8. The summed E-state index contributed by atoms with van der Waals surface area (Å²) < 4.78 is 17.7. The second-order valence-electron chi connectivity index (χ2n) is 5.47. The van der Waals surface area contributed by atoms with E-state index in [1.54, 1.807) is 36.4 Å². The molecule has 0 saturated carbocycles. The van der Waals surface area contributed by atoms with Crippen LogP contribution in [-0.2, 0) is 20.7 Å². The molecule has 0 radical (unpaired) electrons. The third-order valence-electron chi connectivity index (χ3n) is 3.47. The van der Waals surface area contributed by atoms with E-state index in [2.05, 4.69) is 5.32 Å². The molecule has 0 spiro atoms. The molecule has 0 aliphatic rings. The van der Waals surface area contributed by atoms with Crippen LogP contribution >= 0.6 is 0 Å². The number of carbonyl (C=O) groups is 3. The number of esters is 1. The van der Waals surface area contributed by atoms with E-state index < -0.39 is 18.5 Å². The van der Waals surface area contributed by atoms with Gasteiger partial charge in [-0.3, -0.25) is 14.4 Å². The number of benzene rings is 2. The Kier molecular flexibility index (Phi) is 6.39. The highest BCUT2D eigenvalue weighted by atomic mass is 19.1. The molecule has 1 amide bonds. The van der Waals surface area contributed by atoms with Gasteiger partial charge in [-0.2, -0.15) is 0 Å². The molecule has 0 aromatic heterocycles. The number of carbonyl (C=O) groups excluding carboxylic acids is 3. The highest BCUT2D eigenvalue weighted by Crippen LogP contribution is 2.10. The van der Waals surface area contributed by atoms with Gasteiger partial charge in [-0.05, 0) is 55.3 Å². The topological polar surface area (TPSA) is 72.5 Å². The van der Waals surface area contributed by atoms with Crippen LogP contribution in [-0.4, -0.2) is 24.3 Å². The van der Waals surface area contributed by atoms with E-state index in [0.717, 1.165) is 5.56 Å². The number of aryl methyl sites for hydroxylation is 1. The number of nitrogens with one attached hydrogen (secondary N) is 1. The molecule has 6 heteroatoms. The number of amides is 1. The summed E-state index contributed by atoms with van der Waals surface area (Å²) in [6.07, 6.45) is 0.513. The van der Waals surface area contributed by atoms with Gasteiger partial charge in [0.15, 0.2) is 12.4 Å². The largest absolute Gasteiger partial charge is 0.456 e. The number of halogens is 1. The summed E-state index contributed by atoms with van der Waals surface area (Å²) in [6.45, 7) is 1.07. The van der Waals surface area contributed by atoms with Gasteiger partial charge >= 0.3 is 5.97 Å². The molecule has 0 unspecified atom stereocenters. The van der Waals surface area contributed by atoms with Crippen LogP contribution in [0.15, 0.2) is 48.5 Å². The van der Waals surface area contributed by atoms with Gasteiger partial charge in [-0.25, -0.2) is 4.39 Å². The molecular weight excluding hydrogens is 325 g/mol. The third-order valence-corrected chi connectivity index (χ3v) is 3.47. The van der Waals surface area contributed by atoms with E-state index in [4.69, 9.17) is 4.74 Å². The van der Waals surface area contributed by atoms with E-state index in [1.165, 1.54) is 19.1 Å². The lowest BCUT2D eigenvalue weighted by atomic mass is 10.1. The summed E-state index contributed by atoms with van der Waals surface area (Å²) in [5, 5.41) is 2.57. The molecule has 2 aromatic carbocycles. The lowest BCUT2D eigenvalue weighted by molar-refractivity contribution is -0.147. The molecule has 0 atom stereocenters. The fraction of sp³-hybridized carbons (Fsp3) is 0.211. The molecule has 130 valence electrons. The fourth-order valence-corrected chi connectivity index (χ4v) is 2.10. The smallest absolute Gasteiger partial charge is 0.306 e. The SMILES string of the molecule is CC(=O)c1ccc(NC(=O)COC(=O)CCc2ccc(F)cc2)cc1. The third kappa shape index (κ3) is 6.18. The highest BCUT2D eigenvalue weighted by Gasteiger charge is 2.09. The summed E-state index contributed by atoms with van der Waals surface area (Å²) in [5.41, 5.74) is 1.87. The van der Waals surface area contributed by atoms with Crippen LogP contribution < -0.4 is 5.32 Å². The van der Waals surface area contributed by atoms with Crippen LogP contribution in [0.5, 0.6) is 0 Å². The van der Waals surface area contributed by atoms with Gasteiger partial charge in [-0.15, -0.1) is 0 Å². The maximum atomic E-state index is 12.8. The molecular formula is C19H18FNO4. The van der Waals surface area contributed by atoms with E-state index >= 15 is 0 Å². The van der Waals surface area contributed by atoms with Gasteiger partial charge < -0.3 is 10.1 Å². The molecule has 0 heterocycles. The standard InChI is InChI=1S/C19H18FNO4/c1-13(22)15-5-9-17(10-6-15)21-18(23)12-25-19(24)11-4-14-2-7-16(20)8-3-14/h2-3,5-10H,4,11-12H2,1H3,(H,21,23). The Bertz CT molecular complexity index is 754. The Morgan fingerprint density at radius 1 is 1.00 bits per heavy atom. The maximum Gasteiger partial charge on any atom is 0.306 e. The first-order valence-corrected chi connectivity index (χ1v) is 7.75. The van der Waals surface area contributed by atoms with Crippen LogP contribution in [0.1, 0.15) is 29.3 Å².